The summed E-state index contributed by atoms with van der Waals surface area (Å²) in [6.45, 7) is 0. The summed E-state index contributed by atoms with van der Waals surface area (Å²) >= 11 is 0. The quantitative estimate of drug-likeness (QED) is 0.731. The predicted molar refractivity (Wildman–Crippen MR) is 53.9 cm³/mol. The number of carbonyl (C=O) groups is 1. The molecule has 2 rings (SSSR count). The van der Waals surface area contributed by atoms with Crippen LogP contribution in [0.5, 0.6) is 0 Å². The van der Waals surface area contributed by atoms with Gasteiger partial charge in [-0.25, -0.2) is 0 Å². The Morgan fingerprint density at radius 1 is 1.64 bits per heavy atom. The van der Waals surface area contributed by atoms with Gasteiger partial charge in [0.15, 0.2) is 0 Å². The molecular formula is C11H16N2O. The van der Waals surface area contributed by atoms with Gasteiger partial charge in [0, 0.05) is 26.1 Å². The van der Waals surface area contributed by atoms with Gasteiger partial charge in [0.25, 0.3) is 0 Å². The number of ketones is 1. The van der Waals surface area contributed by atoms with Crippen LogP contribution in [0.15, 0.2) is 12.4 Å². The van der Waals surface area contributed by atoms with Crippen LogP contribution in [0.25, 0.3) is 0 Å². The van der Waals surface area contributed by atoms with Gasteiger partial charge in [0.05, 0.1) is 6.20 Å². The van der Waals surface area contributed by atoms with Crippen molar-refractivity contribution in [2.24, 2.45) is 13.0 Å². The summed E-state index contributed by atoms with van der Waals surface area (Å²) in [5, 5.41) is 4.13. The fourth-order valence-corrected chi connectivity index (χ4v) is 2.11. The molecule has 1 aromatic rings. The summed E-state index contributed by atoms with van der Waals surface area (Å²) in [6.07, 6.45) is 8.87. The van der Waals surface area contributed by atoms with Crippen LogP contribution < -0.4 is 0 Å². The van der Waals surface area contributed by atoms with Crippen LogP contribution in [0.3, 0.4) is 0 Å². The molecule has 0 aliphatic heterocycles. The van der Waals surface area contributed by atoms with E-state index in [1.54, 1.807) is 0 Å². The molecule has 3 heteroatoms. The lowest BCUT2D eigenvalue weighted by Crippen LogP contribution is -1.97. The van der Waals surface area contributed by atoms with Gasteiger partial charge in [-0.15, -0.1) is 0 Å². The molecule has 0 aromatic carbocycles. The molecule has 1 unspecified atom stereocenters. The number of carbonyl (C=O) groups excluding carboxylic acids is 1. The molecule has 0 N–H and O–H groups in total. The summed E-state index contributed by atoms with van der Waals surface area (Å²) in [7, 11) is 1.93. The molecule has 1 atom stereocenters. The van der Waals surface area contributed by atoms with Crippen molar-refractivity contribution in [3.63, 3.8) is 0 Å². The van der Waals surface area contributed by atoms with E-state index in [1.807, 2.05) is 17.9 Å². The lowest BCUT2D eigenvalue weighted by Gasteiger charge is -2.05. The predicted octanol–water partition coefficient (Wildman–Crippen LogP) is 1.72. The van der Waals surface area contributed by atoms with Gasteiger partial charge in [-0.1, -0.05) is 0 Å². The van der Waals surface area contributed by atoms with Crippen molar-refractivity contribution in [1.82, 2.24) is 9.78 Å². The maximum absolute atomic E-state index is 11.1. The van der Waals surface area contributed by atoms with Crippen LogP contribution in [0.4, 0.5) is 0 Å². The molecular weight excluding hydrogens is 176 g/mol. The zero-order valence-electron chi connectivity index (χ0n) is 8.57. The molecule has 0 amide bonds. The van der Waals surface area contributed by atoms with Crippen LogP contribution in [0.2, 0.25) is 0 Å². The average Bonchev–Trinajstić information content (AvgIpc) is 2.72. The molecule has 14 heavy (non-hydrogen) atoms. The van der Waals surface area contributed by atoms with Gasteiger partial charge in [-0.05, 0) is 30.7 Å². The van der Waals surface area contributed by atoms with Gasteiger partial charge < -0.3 is 0 Å². The van der Waals surface area contributed by atoms with Gasteiger partial charge in [0.1, 0.15) is 5.78 Å². The van der Waals surface area contributed by atoms with E-state index >= 15 is 0 Å². The maximum Gasteiger partial charge on any atom is 0.133 e. The number of nitrogens with zero attached hydrogens (tertiary/aromatic N) is 2. The zero-order chi connectivity index (χ0) is 9.97. The SMILES string of the molecule is Cn1cc(CCC2CCC(=O)C2)cn1. The first-order chi connectivity index (χ1) is 6.74. The summed E-state index contributed by atoms with van der Waals surface area (Å²) < 4.78 is 1.83. The first-order valence-electron chi connectivity index (χ1n) is 5.23. The molecule has 1 aromatic heterocycles. The Labute approximate surface area is 84.1 Å². The van der Waals surface area contributed by atoms with E-state index in [0.717, 1.165) is 32.1 Å². The lowest BCUT2D eigenvalue weighted by atomic mass is 10.00. The minimum absolute atomic E-state index is 0.446. The second kappa shape index (κ2) is 3.95. The van der Waals surface area contributed by atoms with Crippen molar-refractivity contribution in [2.75, 3.05) is 0 Å². The van der Waals surface area contributed by atoms with Gasteiger partial charge in [-0.3, -0.25) is 9.48 Å². The average molecular weight is 192 g/mol. The van der Waals surface area contributed by atoms with Crippen LogP contribution in [0, 0.1) is 5.92 Å². The third-order valence-electron chi connectivity index (χ3n) is 2.95. The summed E-state index contributed by atoms with van der Waals surface area (Å²) in [4.78, 5) is 11.1. The Morgan fingerprint density at radius 2 is 2.50 bits per heavy atom. The lowest BCUT2D eigenvalue weighted by molar-refractivity contribution is -0.117. The van der Waals surface area contributed by atoms with Crippen LogP contribution in [-0.2, 0) is 18.3 Å². The molecule has 1 aliphatic carbocycles. The smallest absolute Gasteiger partial charge is 0.133 e. The Kier molecular flexibility index (Phi) is 2.66. The fraction of sp³-hybridized carbons (Fsp3) is 0.636. The summed E-state index contributed by atoms with van der Waals surface area (Å²) in [6, 6.07) is 0. The van der Waals surface area contributed by atoms with E-state index in [4.69, 9.17) is 0 Å². The number of aryl methyl sites for hydroxylation is 2. The van der Waals surface area contributed by atoms with Crippen molar-refractivity contribution in [3.05, 3.63) is 18.0 Å². The Bertz CT molecular complexity index is 330. The molecule has 0 bridgehead atoms. The van der Waals surface area contributed by atoms with Crippen LogP contribution in [-0.4, -0.2) is 15.6 Å². The minimum Gasteiger partial charge on any atom is -0.300 e. The normalized spacial score (nSPS) is 21.8. The molecule has 3 nitrogen and oxygen atoms in total. The van der Waals surface area contributed by atoms with Crippen molar-refractivity contribution >= 4 is 5.78 Å². The Hall–Kier alpha value is -1.12. The van der Waals surface area contributed by atoms with E-state index in [2.05, 4.69) is 11.3 Å². The van der Waals surface area contributed by atoms with E-state index in [9.17, 15) is 4.79 Å². The largest absolute Gasteiger partial charge is 0.300 e. The van der Waals surface area contributed by atoms with Crippen molar-refractivity contribution in [2.45, 2.75) is 32.1 Å². The Morgan fingerprint density at radius 3 is 3.07 bits per heavy atom. The van der Waals surface area contributed by atoms with Gasteiger partial charge >= 0.3 is 0 Å². The van der Waals surface area contributed by atoms with Crippen molar-refractivity contribution in [1.29, 1.82) is 0 Å². The van der Waals surface area contributed by atoms with Gasteiger partial charge in [-0.2, -0.15) is 5.10 Å². The van der Waals surface area contributed by atoms with E-state index < -0.39 is 0 Å². The molecule has 0 spiro atoms. The van der Waals surface area contributed by atoms with Crippen LogP contribution in [0.1, 0.15) is 31.2 Å². The first kappa shape index (κ1) is 9.44. The fourth-order valence-electron chi connectivity index (χ4n) is 2.11. The molecule has 1 aliphatic rings. The summed E-state index contributed by atoms with van der Waals surface area (Å²) in [5.74, 6) is 1.07. The van der Waals surface area contributed by atoms with Crippen LogP contribution >= 0.6 is 0 Å². The molecule has 0 radical (unpaired) electrons. The topological polar surface area (TPSA) is 34.9 Å². The molecule has 0 saturated heterocycles. The maximum atomic E-state index is 11.1. The van der Waals surface area contributed by atoms with E-state index in [1.165, 1.54) is 5.56 Å². The molecule has 1 fully saturated rings. The number of hydrogen-bond donors (Lipinski definition) is 0. The molecule has 76 valence electrons. The van der Waals surface area contributed by atoms with Crippen molar-refractivity contribution < 1.29 is 4.79 Å². The molecule has 1 saturated carbocycles. The summed E-state index contributed by atoms with van der Waals surface area (Å²) in [5.41, 5.74) is 1.28. The second-order valence-corrected chi connectivity index (χ2v) is 4.21. The van der Waals surface area contributed by atoms with Crippen molar-refractivity contribution in [3.8, 4) is 0 Å². The Balaban J connectivity index is 1.80. The highest BCUT2D eigenvalue weighted by Gasteiger charge is 2.21. The standard InChI is InChI=1S/C11H16N2O/c1-13-8-10(7-12-13)3-2-9-4-5-11(14)6-9/h7-9H,2-6H2,1H3. The number of hydrogen-bond acceptors (Lipinski definition) is 2. The highest BCUT2D eigenvalue weighted by atomic mass is 16.1. The third kappa shape index (κ3) is 2.22. The highest BCUT2D eigenvalue weighted by molar-refractivity contribution is 5.80. The third-order valence-corrected chi connectivity index (χ3v) is 2.95. The monoisotopic (exact) mass is 192 g/mol. The molecule has 1 heterocycles. The van der Waals surface area contributed by atoms with Gasteiger partial charge in [0.2, 0.25) is 0 Å². The number of rotatable bonds is 3. The number of Topliss-reactive ketones (excluding diaryl/α,β-unsaturated/α-hetero) is 1. The highest BCUT2D eigenvalue weighted by Crippen LogP contribution is 2.26. The second-order valence-electron chi connectivity index (χ2n) is 4.21. The van der Waals surface area contributed by atoms with E-state index in [-0.39, 0.29) is 0 Å². The van der Waals surface area contributed by atoms with E-state index in [0.29, 0.717) is 11.7 Å². The zero-order valence-corrected chi connectivity index (χ0v) is 8.57. The first-order valence-corrected chi connectivity index (χ1v) is 5.23. The number of aromatic nitrogens is 2. The minimum atomic E-state index is 0.446.